The summed E-state index contributed by atoms with van der Waals surface area (Å²) in [6, 6.07) is 2.42. The van der Waals surface area contributed by atoms with E-state index in [4.69, 9.17) is 4.74 Å². The molecule has 0 spiro atoms. The SMILES string of the molecule is Cc1nn(C)c(C)c1C(=O)OCC(=O)c1cc(C)n(C2CC2)c1C. The fraction of sp³-hybridized carbons (Fsp3) is 0.500. The number of carbonyl (C=O) groups excluding carboxylic acids is 2. The third-order valence-electron chi connectivity index (χ3n) is 4.74. The third-order valence-corrected chi connectivity index (χ3v) is 4.74. The van der Waals surface area contributed by atoms with Gasteiger partial charge in [-0.1, -0.05) is 0 Å². The number of hydrogen-bond acceptors (Lipinski definition) is 4. The second kappa shape index (κ2) is 5.92. The van der Waals surface area contributed by atoms with E-state index in [-0.39, 0.29) is 12.4 Å². The molecule has 128 valence electrons. The smallest absolute Gasteiger partial charge is 0.342 e. The number of esters is 1. The molecule has 2 aromatic rings. The van der Waals surface area contributed by atoms with E-state index in [1.54, 1.807) is 18.7 Å². The Labute approximate surface area is 141 Å². The lowest BCUT2D eigenvalue weighted by atomic mass is 10.1. The van der Waals surface area contributed by atoms with Crippen LogP contribution in [0, 0.1) is 27.7 Å². The van der Waals surface area contributed by atoms with Gasteiger partial charge in [-0.3, -0.25) is 9.48 Å². The highest BCUT2D eigenvalue weighted by Gasteiger charge is 2.28. The zero-order valence-corrected chi connectivity index (χ0v) is 14.8. The Bertz CT molecular complexity index is 825. The Morgan fingerprint density at radius 2 is 1.88 bits per heavy atom. The molecule has 3 rings (SSSR count). The van der Waals surface area contributed by atoms with Crippen molar-refractivity contribution in [2.24, 2.45) is 7.05 Å². The summed E-state index contributed by atoms with van der Waals surface area (Å²) in [6.45, 7) is 7.28. The predicted molar refractivity (Wildman–Crippen MR) is 89.5 cm³/mol. The van der Waals surface area contributed by atoms with Crippen LogP contribution in [0.5, 0.6) is 0 Å². The van der Waals surface area contributed by atoms with Crippen LogP contribution in [0.4, 0.5) is 0 Å². The van der Waals surface area contributed by atoms with Crippen LogP contribution in [0.3, 0.4) is 0 Å². The van der Waals surface area contributed by atoms with Crippen LogP contribution >= 0.6 is 0 Å². The van der Waals surface area contributed by atoms with E-state index in [1.165, 1.54) is 12.8 Å². The predicted octanol–water partition coefficient (Wildman–Crippen LogP) is 2.83. The van der Waals surface area contributed by atoms with E-state index in [0.29, 0.717) is 22.9 Å². The average molecular weight is 329 g/mol. The van der Waals surface area contributed by atoms with Crippen molar-refractivity contribution in [3.05, 3.63) is 40.0 Å². The molecule has 1 aliphatic rings. The van der Waals surface area contributed by atoms with Gasteiger partial charge in [0.05, 0.1) is 5.69 Å². The highest BCUT2D eigenvalue weighted by atomic mass is 16.5. The second-order valence-corrected chi connectivity index (χ2v) is 6.55. The fourth-order valence-corrected chi connectivity index (χ4v) is 3.30. The molecule has 1 aliphatic carbocycles. The van der Waals surface area contributed by atoms with Crippen LogP contribution in [0.1, 0.15) is 62.4 Å². The van der Waals surface area contributed by atoms with Crippen LogP contribution in [-0.4, -0.2) is 32.7 Å². The van der Waals surface area contributed by atoms with Crippen LogP contribution in [-0.2, 0) is 11.8 Å². The number of nitrogens with zero attached hydrogens (tertiary/aromatic N) is 3. The molecule has 0 atom stereocenters. The minimum atomic E-state index is -0.498. The number of carbonyl (C=O) groups is 2. The minimum absolute atomic E-state index is 0.164. The van der Waals surface area contributed by atoms with E-state index in [1.807, 2.05) is 26.8 Å². The lowest BCUT2D eigenvalue weighted by molar-refractivity contribution is 0.0473. The standard InChI is InChI=1S/C18H23N3O3/c1-10-8-15(12(3)21(10)14-6-7-14)16(22)9-24-18(23)17-11(2)19-20(5)13(17)4/h8,14H,6-7,9H2,1-5H3. The molecule has 2 aromatic heterocycles. The fourth-order valence-electron chi connectivity index (χ4n) is 3.30. The number of aromatic nitrogens is 3. The molecule has 6 nitrogen and oxygen atoms in total. The summed E-state index contributed by atoms with van der Waals surface area (Å²) < 4.78 is 9.10. The molecule has 0 aliphatic heterocycles. The van der Waals surface area contributed by atoms with Crippen molar-refractivity contribution in [3.63, 3.8) is 0 Å². The molecule has 0 N–H and O–H groups in total. The van der Waals surface area contributed by atoms with E-state index < -0.39 is 5.97 Å². The Balaban J connectivity index is 1.72. The number of rotatable bonds is 5. The highest BCUT2D eigenvalue weighted by Crippen LogP contribution is 2.38. The van der Waals surface area contributed by atoms with Crippen molar-refractivity contribution in [1.29, 1.82) is 0 Å². The first kappa shape index (κ1) is 16.5. The van der Waals surface area contributed by atoms with Crippen LogP contribution in [0.2, 0.25) is 0 Å². The third kappa shape index (κ3) is 2.77. The summed E-state index contributed by atoms with van der Waals surface area (Å²) in [5.41, 5.74) is 4.48. The summed E-state index contributed by atoms with van der Waals surface area (Å²) in [5.74, 6) is -0.662. The minimum Gasteiger partial charge on any atom is -0.454 e. The van der Waals surface area contributed by atoms with Gasteiger partial charge >= 0.3 is 5.97 Å². The molecule has 0 saturated heterocycles. The Kier molecular flexibility index (Phi) is 4.07. The van der Waals surface area contributed by atoms with Gasteiger partial charge in [-0.05, 0) is 46.6 Å². The molecule has 0 bridgehead atoms. The maximum Gasteiger partial charge on any atom is 0.342 e. The van der Waals surface area contributed by atoms with Gasteiger partial charge in [-0.2, -0.15) is 5.10 Å². The average Bonchev–Trinajstić information content (AvgIpc) is 3.25. The maximum atomic E-state index is 12.5. The van der Waals surface area contributed by atoms with E-state index in [9.17, 15) is 9.59 Å². The largest absolute Gasteiger partial charge is 0.454 e. The number of ketones is 1. The molecular formula is C18H23N3O3. The van der Waals surface area contributed by atoms with Crippen molar-refractivity contribution >= 4 is 11.8 Å². The molecule has 24 heavy (non-hydrogen) atoms. The zero-order chi connectivity index (χ0) is 17.6. The lowest BCUT2D eigenvalue weighted by Gasteiger charge is -2.08. The molecule has 0 aromatic carbocycles. The van der Waals surface area contributed by atoms with Gasteiger partial charge < -0.3 is 9.30 Å². The molecule has 1 fully saturated rings. The number of ether oxygens (including phenoxy) is 1. The molecule has 6 heteroatoms. The van der Waals surface area contributed by atoms with Gasteiger partial charge in [-0.15, -0.1) is 0 Å². The number of Topliss-reactive ketones (excluding diaryl/α,β-unsaturated/α-hetero) is 1. The monoisotopic (exact) mass is 329 g/mol. The molecule has 0 amide bonds. The van der Waals surface area contributed by atoms with Gasteiger partial charge in [0, 0.05) is 35.7 Å². The Morgan fingerprint density at radius 3 is 2.42 bits per heavy atom. The van der Waals surface area contributed by atoms with Gasteiger partial charge in [-0.25, -0.2) is 4.79 Å². The normalized spacial score (nSPS) is 14.0. The summed E-state index contributed by atoms with van der Waals surface area (Å²) in [4.78, 5) is 24.8. The van der Waals surface area contributed by atoms with Crippen LogP contribution < -0.4 is 0 Å². The van der Waals surface area contributed by atoms with Crippen molar-refractivity contribution in [1.82, 2.24) is 14.3 Å². The van der Waals surface area contributed by atoms with Gasteiger partial charge in [0.25, 0.3) is 0 Å². The van der Waals surface area contributed by atoms with Crippen molar-refractivity contribution in [2.75, 3.05) is 6.61 Å². The van der Waals surface area contributed by atoms with Crippen molar-refractivity contribution in [2.45, 2.75) is 46.6 Å². The quantitative estimate of drug-likeness (QED) is 0.625. The highest BCUT2D eigenvalue weighted by molar-refractivity contribution is 6.00. The molecule has 1 saturated carbocycles. The van der Waals surface area contributed by atoms with Crippen LogP contribution in [0.25, 0.3) is 0 Å². The Morgan fingerprint density at radius 1 is 1.21 bits per heavy atom. The van der Waals surface area contributed by atoms with Crippen molar-refractivity contribution < 1.29 is 14.3 Å². The first-order valence-corrected chi connectivity index (χ1v) is 8.20. The van der Waals surface area contributed by atoms with Crippen molar-refractivity contribution in [3.8, 4) is 0 Å². The molecular weight excluding hydrogens is 306 g/mol. The molecule has 0 radical (unpaired) electrons. The maximum absolute atomic E-state index is 12.5. The van der Waals surface area contributed by atoms with Gasteiger partial charge in [0.15, 0.2) is 6.61 Å². The van der Waals surface area contributed by atoms with Crippen LogP contribution in [0.15, 0.2) is 6.07 Å². The van der Waals surface area contributed by atoms with Gasteiger partial charge in [0.1, 0.15) is 5.56 Å². The summed E-state index contributed by atoms with van der Waals surface area (Å²) in [5, 5.41) is 4.20. The van der Waals surface area contributed by atoms with E-state index >= 15 is 0 Å². The first-order chi connectivity index (χ1) is 11.3. The van der Waals surface area contributed by atoms with E-state index in [0.717, 1.165) is 17.1 Å². The second-order valence-electron chi connectivity index (χ2n) is 6.55. The summed E-state index contributed by atoms with van der Waals surface area (Å²) in [7, 11) is 1.77. The topological polar surface area (TPSA) is 66.1 Å². The number of aryl methyl sites for hydroxylation is 3. The lowest BCUT2D eigenvalue weighted by Crippen LogP contribution is -2.16. The summed E-state index contributed by atoms with van der Waals surface area (Å²) in [6.07, 6.45) is 2.33. The van der Waals surface area contributed by atoms with Gasteiger partial charge in [0.2, 0.25) is 5.78 Å². The zero-order valence-electron chi connectivity index (χ0n) is 14.8. The van der Waals surface area contributed by atoms with E-state index in [2.05, 4.69) is 9.67 Å². The first-order valence-electron chi connectivity index (χ1n) is 8.20. The molecule has 2 heterocycles. The Hall–Kier alpha value is -2.37. The number of hydrogen-bond donors (Lipinski definition) is 0. The molecule has 0 unspecified atom stereocenters. The summed E-state index contributed by atoms with van der Waals surface area (Å²) >= 11 is 0.